The standard InChI is InChI=1S/C19H22N4/c1-12(2)18-19(23-11-14(4)7-9-17(23)20-18)22-21-16-8-6-13(3)10-15(16)5/h6-12H,1-5H3. The van der Waals surface area contributed by atoms with Crippen molar-refractivity contribution < 1.29 is 0 Å². The smallest absolute Gasteiger partial charge is 0.183 e. The molecular weight excluding hydrogens is 284 g/mol. The van der Waals surface area contributed by atoms with E-state index in [-0.39, 0.29) is 0 Å². The van der Waals surface area contributed by atoms with Crippen LogP contribution in [-0.2, 0) is 0 Å². The Morgan fingerprint density at radius 1 is 0.957 bits per heavy atom. The van der Waals surface area contributed by atoms with Gasteiger partial charge in [-0.15, -0.1) is 10.2 Å². The average Bonchev–Trinajstić information content (AvgIpc) is 2.84. The molecule has 0 aliphatic heterocycles. The lowest BCUT2D eigenvalue weighted by atomic mass is 10.1. The molecule has 4 heteroatoms. The minimum absolute atomic E-state index is 0.295. The third-order valence-electron chi connectivity index (χ3n) is 3.92. The molecule has 0 aliphatic rings. The number of pyridine rings is 1. The van der Waals surface area contributed by atoms with Crippen molar-refractivity contribution in [2.24, 2.45) is 10.2 Å². The van der Waals surface area contributed by atoms with Crippen molar-refractivity contribution in [1.29, 1.82) is 0 Å². The number of hydrogen-bond acceptors (Lipinski definition) is 3. The van der Waals surface area contributed by atoms with Gasteiger partial charge >= 0.3 is 0 Å². The highest BCUT2D eigenvalue weighted by Crippen LogP contribution is 2.30. The lowest BCUT2D eigenvalue weighted by molar-refractivity contribution is 0.831. The van der Waals surface area contributed by atoms with Crippen LogP contribution < -0.4 is 0 Å². The third kappa shape index (κ3) is 3.02. The number of aromatic nitrogens is 2. The van der Waals surface area contributed by atoms with Crippen LogP contribution in [0.1, 0.15) is 42.1 Å². The molecule has 3 aromatic rings. The zero-order valence-corrected chi connectivity index (χ0v) is 14.3. The Hall–Kier alpha value is -2.49. The molecule has 0 saturated carbocycles. The molecule has 0 fully saturated rings. The van der Waals surface area contributed by atoms with Crippen molar-refractivity contribution >= 4 is 17.2 Å². The number of aryl methyl sites for hydroxylation is 3. The van der Waals surface area contributed by atoms with Gasteiger partial charge in [-0.2, -0.15) is 0 Å². The van der Waals surface area contributed by atoms with Crippen LogP contribution in [0, 0.1) is 20.8 Å². The second kappa shape index (κ2) is 5.95. The van der Waals surface area contributed by atoms with E-state index in [9.17, 15) is 0 Å². The summed E-state index contributed by atoms with van der Waals surface area (Å²) in [4.78, 5) is 4.71. The molecule has 2 aromatic heterocycles. The van der Waals surface area contributed by atoms with E-state index in [4.69, 9.17) is 4.98 Å². The van der Waals surface area contributed by atoms with E-state index in [1.165, 1.54) is 11.1 Å². The fourth-order valence-electron chi connectivity index (χ4n) is 2.66. The molecule has 0 amide bonds. The number of azo groups is 1. The van der Waals surface area contributed by atoms with Gasteiger partial charge < -0.3 is 0 Å². The Balaban J connectivity index is 2.12. The van der Waals surface area contributed by atoms with Gasteiger partial charge in [0.1, 0.15) is 5.65 Å². The van der Waals surface area contributed by atoms with Crippen LogP contribution in [-0.4, -0.2) is 9.38 Å². The van der Waals surface area contributed by atoms with Crippen molar-refractivity contribution in [3.8, 4) is 0 Å². The first-order valence-corrected chi connectivity index (χ1v) is 7.93. The van der Waals surface area contributed by atoms with E-state index in [0.29, 0.717) is 5.92 Å². The molecule has 0 aliphatic carbocycles. The van der Waals surface area contributed by atoms with Gasteiger partial charge in [-0.1, -0.05) is 37.6 Å². The summed E-state index contributed by atoms with van der Waals surface area (Å²) in [6, 6.07) is 10.3. The molecule has 2 heterocycles. The summed E-state index contributed by atoms with van der Waals surface area (Å²) in [5.41, 5.74) is 6.32. The van der Waals surface area contributed by atoms with Gasteiger partial charge in [0.05, 0.1) is 11.4 Å². The van der Waals surface area contributed by atoms with E-state index in [0.717, 1.165) is 28.4 Å². The van der Waals surface area contributed by atoms with Crippen LogP contribution >= 0.6 is 0 Å². The van der Waals surface area contributed by atoms with Crippen molar-refractivity contribution in [3.63, 3.8) is 0 Å². The summed E-state index contributed by atoms with van der Waals surface area (Å²) in [7, 11) is 0. The van der Waals surface area contributed by atoms with Gasteiger partial charge in [-0.3, -0.25) is 4.40 Å². The first kappa shape index (κ1) is 15.4. The molecule has 0 unspecified atom stereocenters. The van der Waals surface area contributed by atoms with Gasteiger partial charge in [-0.25, -0.2) is 4.98 Å². The number of rotatable bonds is 3. The highest BCUT2D eigenvalue weighted by atomic mass is 15.2. The average molecular weight is 306 g/mol. The fourth-order valence-corrected chi connectivity index (χ4v) is 2.66. The molecule has 23 heavy (non-hydrogen) atoms. The maximum Gasteiger partial charge on any atom is 0.183 e. The molecule has 0 atom stereocenters. The van der Waals surface area contributed by atoms with E-state index in [1.54, 1.807) is 0 Å². The largest absolute Gasteiger partial charge is 0.283 e. The Morgan fingerprint density at radius 2 is 1.70 bits per heavy atom. The quantitative estimate of drug-likeness (QED) is 0.564. The zero-order valence-electron chi connectivity index (χ0n) is 14.3. The van der Waals surface area contributed by atoms with Crippen LogP contribution in [0.15, 0.2) is 46.8 Å². The number of hydrogen-bond donors (Lipinski definition) is 0. The first-order chi connectivity index (χ1) is 11.0. The Bertz CT molecular complexity index is 888. The van der Waals surface area contributed by atoms with Crippen molar-refractivity contribution in [2.75, 3.05) is 0 Å². The van der Waals surface area contributed by atoms with Crippen LogP contribution in [0.2, 0.25) is 0 Å². The van der Waals surface area contributed by atoms with Crippen LogP contribution in [0.4, 0.5) is 11.5 Å². The van der Waals surface area contributed by atoms with Gasteiger partial charge in [0.15, 0.2) is 5.82 Å². The molecule has 4 nitrogen and oxygen atoms in total. The van der Waals surface area contributed by atoms with E-state index >= 15 is 0 Å². The first-order valence-electron chi connectivity index (χ1n) is 7.93. The van der Waals surface area contributed by atoms with Gasteiger partial charge in [0, 0.05) is 6.20 Å². The van der Waals surface area contributed by atoms with Crippen LogP contribution in [0.3, 0.4) is 0 Å². The highest BCUT2D eigenvalue weighted by Gasteiger charge is 2.15. The van der Waals surface area contributed by atoms with Crippen molar-refractivity contribution in [3.05, 3.63) is 58.9 Å². The van der Waals surface area contributed by atoms with Crippen LogP contribution in [0.25, 0.3) is 5.65 Å². The number of imidazole rings is 1. The summed E-state index contributed by atoms with van der Waals surface area (Å²) in [6.45, 7) is 10.5. The number of benzene rings is 1. The summed E-state index contributed by atoms with van der Waals surface area (Å²) in [5, 5.41) is 9.02. The predicted molar refractivity (Wildman–Crippen MR) is 94.1 cm³/mol. The van der Waals surface area contributed by atoms with Gasteiger partial charge in [-0.05, 0) is 49.9 Å². The molecule has 0 radical (unpaired) electrons. The minimum Gasteiger partial charge on any atom is -0.283 e. The summed E-state index contributed by atoms with van der Waals surface area (Å²) < 4.78 is 2.03. The monoisotopic (exact) mass is 306 g/mol. The SMILES string of the molecule is Cc1ccc(N=Nc2c(C(C)C)nc3ccc(C)cn23)c(C)c1. The predicted octanol–water partition coefficient (Wildman–Crippen LogP) is 5.80. The Kier molecular flexibility index (Phi) is 3.99. The van der Waals surface area contributed by atoms with E-state index < -0.39 is 0 Å². The van der Waals surface area contributed by atoms with E-state index in [1.807, 2.05) is 16.5 Å². The molecule has 0 saturated heterocycles. The molecule has 0 spiro atoms. The molecule has 0 N–H and O–H groups in total. The second-order valence-corrected chi connectivity index (χ2v) is 6.40. The Morgan fingerprint density at radius 3 is 2.39 bits per heavy atom. The maximum absolute atomic E-state index is 4.71. The summed E-state index contributed by atoms with van der Waals surface area (Å²) in [5.74, 6) is 1.11. The van der Waals surface area contributed by atoms with Crippen molar-refractivity contribution in [1.82, 2.24) is 9.38 Å². The summed E-state index contributed by atoms with van der Waals surface area (Å²) in [6.07, 6.45) is 2.06. The van der Waals surface area contributed by atoms with Gasteiger partial charge in [0.2, 0.25) is 0 Å². The molecule has 0 bridgehead atoms. The topological polar surface area (TPSA) is 42.0 Å². The van der Waals surface area contributed by atoms with Crippen LogP contribution in [0.5, 0.6) is 0 Å². The minimum atomic E-state index is 0.295. The third-order valence-corrected chi connectivity index (χ3v) is 3.92. The normalized spacial score (nSPS) is 11.9. The molecule has 1 aromatic carbocycles. The lowest BCUT2D eigenvalue weighted by Gasteiger charge is -2.03. The maximum atomic E-state index is 4.71. The summed E-state index contributed by atoms with van der Waals surface area (Å²) >= 11 is 0. The Labute approximate surface area is 136 Å². The van der Waals surface area contributed by atoms with Gasteiger partial charge in [0.25, 0.3) is 0 Å². The number of fused-ring (bicyclic) bond motifs is 1. The molecule has 118 valence electrons. The second-order valence-electron chi connectivity index (χ2n) is 6.40. The van der Waals surface area contributed by atoms with E-state index in [2.05, 4.69) is 69.2 Å². The number of nitrogens with zero attached hydrogens (tertiary/aromatic N) is 4. The fraction of sp³-hybridized carbons (Fsp3) is 0.316. The molecule has 3 rings (SSSR count). The molecular formula is C19H22N4. The van der Waals surface area contributed by atoms with Crippen molar-refractivity contribution in [2.45, 2.75) is 40.5 Å². The zero-order chi connectivity index (χ0) is 16.6. The lowest BCUT2D eigenvalue weighted by Crippen LogP contribution is -1.88. The highest BCUT2D eigenvalue weighted by molar-refractivity contribution is 5.54.